The van der Waals surface area contributed by atoms with Crippen LogP contribution in [0.1, 0.15) is 39.0 Å². The predicted molar refractivity (Wildman–Crippen MR) is 56.4 cm³/mol. The second-order valence-electron chi connectivity index (χ2n) is 4.21. The molecule has 0 spiro atoms. The standard InChI is InChI=1S/C10H14F4O3S/c1-2-3-7-4-5-9(8(11)6-7)17-18(15,16)10(12,13)14/h7H,2-6H2,1H3. The van der Waals surface area contributed by atoms with Gasteiger partial charge < -0.3 is 4.18 Å². The summed E-state index contributed by atoms with van der Waals surface area (Å²) >= 11 is 0. The summed E-state index contributed by atoms with van der Waals surface area (Å²) in [4.78, 5) is 0. The minimum atomic E-state index is -5.76. The molecule has 0 heterocycles. The minimum Gasteiger partial charge on any atom is -0.378 e. The molecule has 18 heavy (non-hydrogen) atoms. The Balaban J connectivity index is 2.78. The Morgan fingerprint density at radius 1 is 1.39 bits per heavy atom. The van der Waals surface area contributed by atoms with Gasteiger partial charge in [0.2, 0.25) is 0 Å². The summed E-state index contributed by atoms with van der Waals surface area (Å²) in [5, 5.41) is 0. The van der Waals surface area contributed by atoms with Gasteiger partial charge in [0.05, 0.1) is 0 Å². The van der Waals surface area contributed by atoms with E-state index in [0.717, 1.165) is 12.8 Å². The van der Waals surface area contributed by atoms with Gasteiger partial charge in [-0.15, -0.1) is 0 Å². The molecule has 3 nitrogen and oxygen atoms in total. The van der Waals surface area contributed by atoms with E-state index in [0.29, 0.717) is 6.42 Å². The number of alkyl halides is 3. The molecule has 0 saturated heterocycles. The molecule has 0 radical (unpaired) electrons. The highest BCUT2D eigenvalue weighted by molar-refractivity contribution is 7.87. The summed E-state index contributed by atoms with van der Waals surface area (Å²) in [6, 6.07) is 0. The van der Waals surface area contributed by atoms with Crippen molar-refractivity contribution in [3.8, 4) is 0 Å². The Hall–Kier alpha value is -0.790. The van der Waals surface area contributed by atoms with Crippen molar-refractivity contribution in [1.82, 2.24) is 0 Å². The van der Waals surface area contributed by atoms with Gasteiger partial charge in [0.25, 0.3) is 0 Å². The first-order valence-corrected chi connectivity index (χ1v) is 6.96. The van der Waals surface area contributed by atoms with Crippen LogP contribution in [0.2, 0.25) is 0 Å². The second-order valence-corrected chi connectivity index (χ2v) is 5.75. The molecule has 0 aromatic heterocycles. The molecular weight excluding hydrogens is 276 g/mol. The fourth-order valence-electron chi connectivity index (χ4n) is 1.86. The van der Waals surface area contributed by atoms with E-state index in [2.05, 4.69) is 4.18 Å². The number of halogens is 4. The summed E-state index contributed by atoms with van der Waals surface area (Å²) in [6.07, 6.45) is 1.86. The maximum Gasteiger partial charge on any atom is 0.534 e. The molecule has 0 bridgehead atoms. The van der Waals surface area contributed by atoms with E-state index in [-0.39, 0.29) is 18.8 Å². The van der Waals surface area contributed by atoms with Crippen LogP contribution in [-0.4, -0.2) is 13.9 Å². The lowest BCUT2D eigenvalue weighted by Gasteiger charge is -2.23. The average Bonchev–Trinajstić information content (AvgIpc) is 2.21. The zero-order chi connectivity index (χ0) is 14.0. The Kier molecular flexibility index (Phi) is 4.63. The van der Waals surface area contributed by atoms with E-state index < -0.39 is 27.2 Å². The van der Waals surface area contributed by atoms with Crippen molar-refractivity contribution in [2.24, 2.45) is 5.92 Å². The highest BCUT2D eigenvalue weighted by Gasteiger charge is 2.49. The van der Waals surface area contributed by atoms with Crippen LogP contribution in [0.25, 0.3) is 0 Å². The fraction of sp³-hybridized carbons (Fsp3) is 0.800. The van der Waals surface area contributed by atoms with E-state index >= 15 is 0 Å². The Bertz CT molecular complexity index is 425. The number of hydrogen-bond acceptors (Lipinski definition) is 3. The minimum absolute atomic E-state index is 0.0379. The van der Waals surface area contributed by atoms with Gasteiger partial charge in [-0.3, -0.25) is 0 Å². The molecule has 1 aliphatic rings. The van der Waals surface area contributed by atoms with Crippen LogP contribution in [0.3, 0.4) is 0 Å². The molecule has 0 aromatic carbocycles. The molecule has 0 amide bonds. The van der Waals surface area contributed by atoms with Gasteiger partial charge in [0.1, 0.15) is 5.83 Å². The number of rotatable bonds is 4. The molecule has 0 aromatic rings. The predicted octanol–water partition coefficient (Wildman–Crippen LogP) is 3.63. The van der Waals surface area contributed by atoms with Crippen molar-refractivity contribution in [2.45, 2.75) is 44.5 Å². The fourth-order valence-corrected chi connectivity index (χ4v) is 2.39. The lowest BCUT2D eigenvalue weighted by molar-refractivity contribution is -0.0526. The lowest BCUT2D eigenvalue weighted by atomic mass is 9.89. The van der Waals surface area contributed by atoms with Gasteiger partial charge in [0.15, 0.2) is 5.76 Å². The van der Waals surface area contributed by atoms with Crippen LogP contribution in [0.4, 0.5) is 17.6 Å². The average molecular weight is 290 g/mol. The molecule has 1 atom stereocenters. The van der Waals surface area contributed by atoms with Crippen LogP contribution in [0.5, 0.6) is 0 Å². The van der Waals surface area contributed by atoms with E-state index in [1.165, 1.54) is 0 Å². The Morgan fingerprint density at radius 3 is 2.44 bits per heavy atom. The third kappa shape index (κ3) is 3.60. The highest BCUT2D eigenvalue weighted by Crippen LogP contribution is 2.36. The largest absolute Gasteiger partial charge is 0.534 e. The summed E-state index contributed by atoms with van der Waals surface area (Å²) in [7, 11) is -5.76. The highest BCUT2D eigenvalue weighted by atomic mass is 32.2. The molecule has 8 heteroatoms. The van der Waals surface area contributed by atoms with Crippen molar-refractivity contribution >= 4 is 10.1 Å². The van der Waals surface area contributed by atoms with Crippen molar-refractivity contribution in [3.63, 3.8) is 0 Å². The molecule has 0 fully saturated rings. The van der Waals surface area contributed by atoms with E-state index in [4.69, 9.17) is 0 Å². The van der Waals surface area contributed by atoms with E-state index in [1.807, 2.05) is 6.92 Å². The smallest absolute Gasteiger partial charge is 0.378 e. The Labute approximate surface area is 103 Å². The van der Waals surface area contributed by atoms with Crippen molar-refractivity contribution in [2.75, 3.05) is 0 Å². The first-order valence-electron chi connectivity index (χ1n) is 5.55. The normalized spacial score (nSPS) is 22.2. The summed E-state index contributed by atoms with van der Waals surface area (Å²) in [5.41, 5.74) is -5.53. The first kappa shape index (κ1) is 15.3. The van der Waals surface area contributed by atoms with Crippen LogP contribution >= 0.6 is 0 Å². The maximum absolute atomic E-state index is 13.5. The van der Waals surface area contributed by atoms with E-state index in [1.54, 1.807) is 0 Å². The second kappa shape index (κ2) is 5.46. The van der Waals surface area contributed by atoms with Gasteiger partial charge in [-0.2, -0.15) is 21.6 Å². The molecule has 106 valence electrons. The quantitative estimate of drug-likeness (QED) is 0.451. The summed E-state index contributed by atoms with van der Waals surface area (Å²) in [5.74, 6) is -1.57. The van der Waals surface area contributed by atoms with Gasteiger partial charge in [0, 0.05) is 12.8 Å². The van der Waals surface area contributed by atoms with E-state index in [9.17, 15) is 26.0 Å². The molecule has 0 aliphatic heterocycles. The van der Waals surface area contributed by atoms with Crippen molar-refractivity contribution in [3.05, 3.63) is 11.6 Å². The first-order chi connectivity index (χ1) is 8.17. The van der Waals surface area contributed by atoms with Crippen LogP contribution in [0, 0.1) is 5.92 Å². The van der Waals surface area contributed by atoms with Crippen molar-refractivity contribution in [1.29, 1.82) is 0 Å². The van der Waals surface area contributed by atoms with Gasteiger partial charge in [-0.25, -0.2) is 4.39 Å². The van der Waals surface area contributed by atoms with Crippen LogP contribution < -0.4 is 0 Å². The Morgan fingerprint density at radius 2 is 2.00 bits per heavy atom. The van der Waals surface area contributed by atoms with Gasteiger partial charge in [-0.1, -0.05) is 19.8 Å². The van der Waals surface area contributed by atoms with Crippen LogP contribution in [0.15, 0.2) is 11.6 Å². The number of hydrogen-bond donors (Lipinski definition) is 0. The molecule has 1 unspecified atom stereocenters. The zero-order valence-electron chi connectivity index (χ0n) is 9.76. The van der Waals surface area contributed by atoms with Crippen molar-refractivity contribution < 1.29 is 30.2 Å². The molecule has 0 saturated carbocycles. The van der Waals surface area contributed by atoms with Gasteiger partial charge in [-0.05, 0) is 12.3 Å². The lowest BCUT2D eigenvalue weighted by Crippen LogP contribution is -2.26. The molecular formula is C10H14F4O3S. The molecule has 0 N–H and O–H groups in total. The monoisotopic (exact) mass is 290 g/mol. The topological polar surface area (TPSA) is 43.4 Å². The molecule has 1 aliphatic carbocycles. The SMILES string of the molecule is CCCC1CCC(OS(=O)(=O)C(F)(F)F)=C(F)C1. The summed E-state index contributed by atoms with van der Waals surface area (Å²) < 4.78 is 74.9. The summed E-state index contributed by atoms with van der Waals surface area (Å²) in [6.45, 7) is 1.92. The van der Waals surface area contributed by atoms with Gasteiger partial charge >= 0.3 is 15.6 Å². The molecule has 1 rings (SSSR count). The van der Waals surface area contributed by atoms with Crippen LogP contribution in [-0.2, 0) is 14.3 Å². The third-order valence-electron chi connectivity index (χ3n) is 2.74. The zero-order valence-corrected chi connectivity index (χ0v) is 10.6. The third-order valence-corrected chi connectivity index (χ3v) is 3.73. The number of allylic oxidation sites excluding steroid dienone is 2. The maximum atomic E-state index is 13.5.